The van der Waals surface area contributed by atoms with Crippen molar-refractivity contribution in [1.82, 2.24) is 5.32 Å². The minimum absolute atomic E-state index is 0.0292. The number of hydrogen-bond donors (Lipinski definition) is 3. The minimum atomic E-state index is -0.660. The van der Waals surface area contributed by atoms with Gasteiger partial charge in [-0.05, 0) is 32.1 Å². The van der Waals surface area contributed by atoms with Crippen molar-refractivity contribution in [1.29, 1.82) is 0 Å². The van der Waals surface area contributed by atoms with Crippen LogP contribution >= 0.6 is 0 Å². The molecule has 76 heavy (non-hydrogen) atoms. The molecule has 0 aliphatic rings. The predicted molar refractivity (Wildman–Crippen MR) is 333 cm³/mol. The van der Waals surface area contributed by atoms with Crippen LogP contribution in [0.4, 0.5) is 0 Å². The van der Waals surface area contributed by atoms with Gasteiger partial charge in [-0.1, -0.05) is 366 Å². The lowest BCUT2D eigenvalue weighted by Gasteiger charge is -2.22. The first-order valence-electron chi connectivity index (χ1n) is 34.6. The van der Waals surface area contributed by atoms with Crippen molar-refractivity contribution in [2.45, 2.75) is 398 Å². The first-order chi connectivity index (χ1) is 37.5. The van der Waals surface area contributed by atoms with Gasteiger partial charge in [0.25, 0.3) is 0 Å². The van der Waals surface area contributed by atoms with Crippen molar-refractivity contribution in [2.75, 3.05) is 13.2 Å². The van der Waals surface area contributed by atoms with E-state index in [1.54, 1.807) is 6.08 Å². The fraction of sp³-hybridized carbons (Fsp3) is 0.914. The first-order valence-corrected chi connectivity index (χ1v) is 34.6. The zero-order chi connectivity index (χ0) is 55.0. The van der Waals surface area contributed by atoms with E-state index in [9.17, 15) is 19.8 Å². The summed E-state index contributed by atoms with van der Waals surface area (Å²) in [6.07, 6.45) is 82.8. The molecule has 0 aromatic carbocycles. The van der Waals surface area contributed by atoms with Crippen molar-refractivity contribution >= 4 is 11.9 Å². The number of amides is 1. The average molecular weight is 1070 g/mol. The van der Waals surface area contributed by atoms with Gasteiger partial charge in [-0.3, -0.25) is 4.79 Å². The fourth-order valence-electron chi connectivity index (χ4n) is 11.1. The van der Waals surface area contributed by atoms with Gasteiger partial charge in [-0.2, -0.15) is 0 Å². The Morgan fingerprint density at radius 3 is 1.00 bits per heavy atom. The highest BCUT2D eigenvalue weighted by molar-refractivity contribution is 5.82. The monoisotopic (exact) mass is 1070 g/mol. The first kappa shape index (κ1) is 74.3. The molecule has 0 spiro atoms. The summed E-state index contributed by atoms with van der Waals surface area (Å²) < 4.78 is 5.38. The van der Waals surface area contributed by atoms with E-state index >= 15 is 0 Å². The second kappa shape index (κ2) is 65.9. The normalized spacial score (nSPS) is 12.6. The molecule has 0 bridgehead atoms. The third kappa shape index (κ3) is 61.6. The Morgan fingerprint density at radius 1 is 0.382 bits per heavy atom. The molecule has 0 radical (unpaired) electrons. The van der Waals surface area contributed by atoms with Gasteiger partial charge >= 0.3 is 5.97 Å². The molecule has 3 N–H and O–H groups in total. The molecule has 0 saturated heterocycles. The van der Waals surface area contributed by atoms with Crippen LogP contribution in [0.2, 0.25) is 0 Å². The molecule has 0 aliphatic carbocycles. The number of rotatable bonds is 65. The van der Waals surface area contributed by atoms with E-state index in [1.165, 1.54) is 315 Å². The summed E-state index contributed by atoms with van der Waals surface area (Å²) >= 11 is 0. The van der Waals surface area contributed by atoms with Gasteiger partial charge in [-0.25, -0.2) is 4.79 Å². The molecule has 0 aromatic rings. The summed E-state index contributed by atoms with van der Waals surface area (Å²) in [5.74, 6) is -0.236. The Labute approximate surface area is 475 Å². The van der Waals surface area contributed by atoms with Crippen LogP contribution in [0, 0.1) is 0 Å². The van der Waals surface area contributed by atoms with Crippen molar-refractivity contribution in [3.63, 3.8) is 0 Å². The smallest absolute Gasteiger partial charge is 0.330 e. The zero-order valence-corrected chi connectivity index (χ0v) is 51.5. The number of unbranched alkanes of at least 4 members (excludes halogenated alkanes) is 53. The van der Waals surface area contributed by atoms with Crippen molar-refractivity contribution < 1.29 is 24.5 Å². The van der Waals surface area contributed by atoms with Crippen molar-refractivity contribution in [2.24, 2.45) is 0 Å². The molecule has 2 atom stereocenters. The highest BCUT2D eigenvalue weighted by Gasteiger charge is 2.20. The van der Waals surface area contributed by atoms with Gasteiger partial charge in [0.2, 0.25) is 5.91 Å². The van der Waals surface area contributed by atoms with Crippen molar-refractivity contribution in [3.05, 3.63) is 24.3 Å². The van der Waals surface area contributed by atoms with Crippen LogP contribution in [0.3, 0.4) is 0 Å². The largest absolute Gasteiger partial charge is 0.463 e. The molecule has 0 rings (SSSR count). The second-order valence-corrected chi connectivity index (χ2v) is 23.9. The summed E-state index contributed by atoms with van der Waals surface area (Å²) in [7, 11) is 0. The van der Waals surface area contributed by atoms with Gasteiger partial charge < -0.3 is 20.3 Å². The molecule has 0 aromatic heterocycles. The van der Waals surface area contributed by atoms with E-state index in [0.717, 1.165) is 44.9 Å². The minimum Gasteiger partial charge on any atom is -0.463 e. The van der Waals surface area contributed by atoms with Crippen LogP contribution in [-0.4, -0.2) is 47.4 Å². The standard InChI is InChI=1S/C70H135NO5/c1-3-5-7-9-11-13-15-17-35-40-44-48-52-56-60-64-70(75)76-65-61-57-53-49-45-41-37-34-32-30-28-26-24-22-20-18-19-21-23-25-27-29-31-33-36-39-43-47-51-55-59-63-69(74)71-67(66-72)68(73)62-58-54-50-46-42-38-16-14-12-10-8-6-4-2/h52,56,60,64,67-68,72-73H,3-51,53-55,57-59,61-63,65-66H2,1-2H3,(H,71,74)/t67-,68+/m0/s1. The lowest BCUT2D eigenvalue weighted by atomic mass is 10.0. The third-order valence-electron chi connectivity index (χ3n) is 16.4. The van der Waals surface area contributed by atoms with Crippen molar-refractivity contribution in [3.8, 4) is 0 Å². The summed E-state index contributed by atoms with van der Waals surface area (Å²) in [6.45, 7) is 4.91. The second-order valence-electron chi connectivity index (χ2n) is 23.9. The molecule has 450 valence electrons. The Balaban J connectivity index is 3.33. The van der Waals surface area contributed by atoms with E-state index in [-0.39, 0.29) is 18.5 Å². The van der Waals surface area contributed by atoms with E-state index in [4.69, 9.17) is 4.74 Å². The summed E-state index contributed by atoms with van der Waals surface area (Å²) in [6, 6.07) is -0.537. The average Bonchev–Trinajstić information content (AvgIpc) is 3.42. The molecular formula is C70H135NO5. The van der Waals surface area contributed by atoms with Crippen LogP contribution < -0.4 is 5.32 Å². The zero-order valence-electron chi connectivity index (χ0n) is 51.5. The molecule has 0 saturated carbocycles. The Bertz CT molecular complexity index is 1190. The number of hydrogen-bond acceptors (Lipinski definition) is 5. The number of aliphatic hydroxyl groups is 2. The molecule has 6 heteroatoms. The summed E-state index contributed by atoms with van der Waals surface area (Å²) in [5.41, 5.74) is 0. The molecule has 1 amide bonds. The SMILES string of the molecule is CCCCCCCCCCCCCC=CC=CC(=O)OCCCCCCCCCCCCCCCCCCCCCCCCCCCCCCCCCC(=O)N[C@@H](CO)[C@H](O)CCCCCCCCCCCCCCC. The number of ether oxygens (including phenoxy) is 1. The summed E-state index contributed by atoms with van der Waals surface area (Å²) in [4.78, 5) is 24.4. The molecule has 0 heterocycles. The maximum absolute atomic E-state index is 12.5. The maximum atomic E-state index is 12.5. The lowest BCUT2D eigenvalue weighted by Crippen LogP contribution is -2.45. The van der Waals surface area contributed by atoms with Crippen LogP contribution in [0.5, 0.6) is 0 Å². The topological polar surface area (TPSA) is 95.9 Å². The van der Waals surface area contributed by atoms with Gasteiger partial charge in [-0.15, -0.1) is 0 Å². The number of esters is 1. The molecule has 0 aliphatic heterocycles. The predicted octanol–water partition coefficient (Wildman–Crippen LogP) is 22.1. The van der Waals surface area contributed by atoms with Gasteiger partial charge in [0.15, 0.2) is 0 Å². The van der Waals surface area contributed by atoms with Crippen LogP contribution in [0.15, 0.2) is 24.3 Å². The molecular weight excluding hydrogens is 935 g/mol. The maximum Gasteiger partial charge on any atom is 0.330 e. The number of carbonyl (C=O) groups excluding carboxylic acids is 2. The number of allylic oxidation sites excluding steroid dienone is 3. The fourth-order valence-corrected chi connectivity index (χ4v) is 11.1. The number of nitrogens with one attached hydrogen (secondary N) is 1. The Hall–Kier alpha value is -1.66. The van der Waals surface area contributed by atoms with Gasteiger partial charge in [0.1, 0.15) is 0 Å². The van der Waals surface area contributed by atoms with E-state index < -0.39 is 12.1 Å². The number of carbonyl (C=O) groups is 2. The Morgan fingerprint density at radius 2 is 0.671 bits per heavy atom. The van der Waals surface area contributed by atoms with Crippen LogP contribution in [0.25, 0.3) is 0 Å². The third-order valence-corrected chi connectivity index (χ3v) is 16.4. The van der Waals surface area contributed by atoms with E-state index in [0.29, 0.717) is 19.4 Å². The summed E-state index contributed by atoms with van der Waals surface area (Å²) in [5, 5.41) is 23.3. The highest BCUT2D eigenvalue weighted by Crippen LogP contribution is 2.19. The van der Waals surface area contributed by atoms with Crippen LogP contribution in [-0.2, 0) is 14.3 Å². The molecule has 0 fully saturated rings. The quantitative estimate of drug-likeness (QED) is 0.0244. The molecule has 0 unspecified atom stereocenters. The highest BCUT2D eigenvalue weighted by atomic mass is 16.5. The molecule has 6 nitrogen and oxygen atoms in total. The van der Waals surface area contributed by atoms with Crippen LogP contribution in [0.1, 0.15) is 386 Å². The van der Waals surface area contributed by atoms with E-state index in [2.05, 4.69) is 25.2 Å². The lowest BCUT2D eigenvalue weighted by molar-refractivity contribution is -0.137. The van der Waals surface area contributed by atoms with Gasteiger partial charge in [0, 0.05) is 12.5 Å². The van der Waals surface area contributed by atoms with Gasteiger partial charge in [0.05, 0.1) is 25.4 Å². The number of aliphatic hydroxyl groups excluding tert-OH is 2. The van der Waals surface area contributed by atoms with E-state index in [1.807, 2.05) is 12.2 Å². The Kier molecular flexibility index (Phi) is 64.4.